The van der Waals surface area contributed by atoms with Crippen molar-refractivity contribution in [3.8, 4) is 22.9 Å². The van der Waals surface area contributed by atoms with Crippen molar-refractivity contribution in [2.45, 2.75) is 12.5 Å². The summed E-state index contributed by atoms with van der Waals surface area (Å²) in [6.45, 7) is 0. The second kappa shape index (κ2) is 7.33. The van der Waals surface area contributed by atoms with E-state index in [0.717, 1.165) is 17.7 Å². The van der Waals surface area contributed by atoms with Gasteiger partial charge in [-0.1, -0.05) is 5.16 Å². The highest BCUT2D eigenvalue weighted by molar-refractivity contribution is 7.98. The largest absolute Gasteiger partial charge is 0.493 e. The van der Waals surface area contributed by atoms with Gasteiger partial charge in [0.05, 0.1) is 20.3 Å². The third-order valence-corrected chi connectivity index (χ3v) is 3.68. The van der Waals surface area contributed by atoms with Gasteiger partial charge in [0.2, 0.25) is 11.7 Å². The maximum Gasteiger partial charge on any atom is 0.243 e. The van der Waals surface area contributed by atoms with Crippen molar-refractivity contribution in [2.75, 3.05) is 26.2 Å². The lowest BCUT2D eigenvalue weighted by Gasteiger charge is -2.07. The van der Waals surface area contributed by atoms with Crippen molar-refractivity contribution in [1.29, 1.82) is 0 Å². The molecule has 1 atom stereocenters. The Balaban J connectivity index is 2.21. The molecule has 0 amide bonds. The van der Waals surface area contributed by atoms with Crippen LogP contribution in [0.5, 0.6) is 11.5 Å². The standard InChI is InChI=1S/C14H19N3O3S/c1-18-11-5-4-9(8-12(11)19-2)13-16-14(20-17-13)10(15)6-7-21-3/h4-5,8,10H,6-7,15H2,1-3H3/t10-/m1/s1. The first kappa shape index (κ1) is 15.7. The summed E-state index contributed by atoms with van der Waals surface area (Å²) in [5, 5.41) is 3.98. The smallest absolute Gasteiger partial charge is 0.243 e. The van der Waals surface area contributed by atoms with Gasteiger partial charge in [-0.25, -0.2) is 0 Å². The van der Waals surface area contributed by atoms with Crippen LogP contribution in [0.4, 0.5) is 0 Å². The Morgan fingerprint density at radius 3 is 2.71 bits per heavy atom. The number of aromatic nitrogens is 2. The fourth-order valence-corrected chi connectivity index (χ4v) is 2.34. The molecular formula is C14H19N3O3S. The molecule has 1 aromatic heterocycles. The number of methoxy groups -OCH3 is 2. The van der Waals surface area contributed by atoms with E-state index in [9.17, 15) is 0 Å². The van der Waals surface area contributed by atoms with Crippen LogP contribution >= 0.6 is 11.8 Å². The molecule has 0 saturated heterocycles. The number of nitrogens with two attached hydrogens (primary N) is 1. The van der Waals surface area contributed by atoms with Gasteiger partial charge in [0, 0.05) is 5.56 Å². The van der Waals surface area contributed by atoms with Crippen LogP contribution in [0.15, 0.2) is 22.7 Å². The summed E-state index contributed by atoms with van der Waals surface area (Å²) in [6, 6.07) is 5.22. The molecule has 114 valence electrons. The lowest BCUT2D eigenvalue weighted by atomic mass is 10.2. The maximum absolute atomic E-state index is 6.02. The zero-order valence-electron chi connectivity index (χ0n) is 12.3. The van der Waals surface area contributed by atoms with Crippen molar-refractivity contribution >= 4 is 11.8 Å². The SMILES string of the molecule is COc1ccc(-c2noc([C@H](N)CCSC)n2)cc1OC. The van der Waals surface area contributed by atoms with E-state index in [0.29, 0.717) is 23.2 Å². The van der Waals surface area contributed by atoms with E-state index in [1.54, 1.807) is 38.1 Å². The first-order valence-corrected chi connectivity index (χ1v) is 7.89. The molecule has 0 aliphatic rings. The number of hydrogen-bond donors (Lipinski definition) is 1. The van der Waals surface area contributed by atoms with Crippen LogP contribution in [0, 0.1) is 0 Å². The number of thioether (sulfide) groups is 1. The summed E-state index contributed by atoms with van der Waals surface area (Å²) >= 11 is 1.74. The van der Waals surface area contributed by atoms with Crippen molar-refractivity contribution in [3.05, 3.63) is 24.1 Å². The molecule has 1 heterocycles. The minimum atomic E-state index is -0.237. The van der Waals surface area contributed by atoms with E-state index in [2.05, 4.69) is 10.1 Å². The summed E-state index contributed by atoms with van der Waals surface area (Å²) < 4.78 is 15.7. The molecule has 0 bridgehead atoms. The minimum Gasteiger partial charge on any atom is -0.493 e. The molecule has 21 heavy (non-hydrogen) atoms. The molecule has 2 N–H and O–H groups in total. The lowest BCUT2D eigenvalue weighted by molar-refractivity contribution is 0.352. The fraction of sp³-hybridized carbons (Fsp3) is 0.429. The zero-order chi connectivity index (χ0) is 15.2. The van der Waals surface area contributed by atoms with Gasteiger partial charge in [-0.05, 0) is 36.6 Å². The van der Waals surface area contributed by atoms with Crippen LogP contribution in [-0.2, 0) is 0 Å². The van der Waals surface area contributed by atoms with E-state index in [4.69, 9.17) is 19.7 Å². The highest BCUT2D eigenvalue weighted by atomic mass is 32.2. The van der Waals surface area contributed by atoms with Crippen molar-refractivity contribution in [1.82, 2.24) is 10.1 Å². The Labute approximate surface area is 128 Å². The van der Waals surface area contributed by atoms with E-state index >= 15 is 0 Å². The van der Waals surface area contributed by atoms with E-state index in [1.165, 1.54) is 0 Å². The summed E-state index contributed by atoms with van der Waals surface area (Å²) in [5.41, 5.74) is 6.81. The first-order valence-electron chi connectivity index (χ1n) is 6.50. The quantitative estimate of drug-likeness (QED) is 0.841. The number of hydrogen-bond acceptors (Lipinski definition) is 7. The molecule has 0 fully saturated rings. The third-order valence-electron chi connectivity index (χ3n) is 3.03. The maximum atomic E-state index is 6.02. The van der Waals surface area contributed by atoms with Crippen LogP contribution in [-0.4, -0.2) is 36.4 Å². The van der Waals surface area contributed by atoms with Crippen LogP contribution in [0.3, 0.4) is 0 Å². The fourth-order valence-electron chi connectivity index (χ4n) is 1.85. The van der Waals surface area contributed by atoms with Crippen molar-refractivity contribution < 1.29 is 14.0 Å². The van der Waals surface area contributed by atoms with Gasteiger partial charge in [-0.2, -0.15) is 16.7 Å². The Kier molecular flexibility index (Phi) is 5.46. The normalized spacial score (nSPS) is 12.2. The Morgan fingerprint density at radius 1 is 1.29 bits per heavy atom. The number of ether oxygens (including phenoxy) is 2. The van der Waals surface area contributed by atoms with Gasteiger partial charge in [0.1, 0.15) is 0 Å². The van der Waals surface area contributed by atoms with Gasteiger partial charge in [-0.15, -0.1) is 0 Å². The molecule has 0 radical (unpaired) electrons. The Bertz CT molecular complexity index is 589. The molecule has 7 heteroatoms. The molecular weight excluding hydrogens is 290 g/mol. The summed E-state index contributed by atoms with van der Waals surface area (Å²) in [4.78, 5) is 4.36. The van der Waals surface area contributed by atoms with Crippen LogP contribution in [0.25, 0.3) is 11.4 Å². The summed E-state index contributed by atoms with van der Waals surface area (Å²) in [6.07, 6.45) is 2.84. The molecule has 0 saturated carbocycles. The number of nitrogens with zero attached hydrogens (tertiary/aromatic N) is 2. The monoisotopic (exact) mass is 309 g/mol. The molecule has 0 unspecified atom stereocenters. The Hall–Kier alpha value is -1.73. The van der Waals surface area contributed by atoms with E-state index in [-0.39, 0.29) is 6.04 Å². The van der Waals surface area contributed by atoms with Gasteiger partial charge in [-0.3, -0.25) is 0 Å². The first-order chi connectivity index (χ1) is 10.2. The van der Waals surface area contributed by atoms with Crippen LogP contribution in [0.2, 0.25) is 0 Å². The molecule has 2 rings (SSSR count). The second-order valence-electron chi connectivity index (χ2n) is 4.41. The van der Waals surface area contributed by atoms with Gasteiger partial charge < -0.3 is 19.7 Å². The van der Waals surface area contributed by atoms with Gasteiger partial charge in [0.25, 0.3) is 0 Å². The molecule has 1 aromatic carbocycles. The zero-order valence-corrected chi connectivity index (χ0v) is 13.1. The molecule has 2 aromatic rings. The molecule has 0 aliphatic carbocycles. The van der Waals surface area contributed by atoms with Crippen molar-refractivity contribution in [2.24, 2.45) is 5.73 Å². The number of benzene rings is 1. The van der Waals surface area contributed by atoms with Crippen LogP contribution < -0.4 is 15.2 Å². The van der Waals surface area contributed by atoms with E-state index < -0.39 is 0 Å². The van der Waals surface area contributed by atoms with E-state index in [1.807, 2.05) is 12.3 Å². The lowest BCUT2D eigenvalue weighted by Crippen LogP contribution is -2.11. The predicted molar refractivity (Wildman–Crippen MR) is 82.8 cm³/mol. The molecule has 0 spiro atoms. The average molecular weight is 309 g/mol. The van der Waals surface area contributed by atoms with Gasteiger partial charge >= 0.3 is 0 Å². The van der Waals surface area contributed by atoms with Crippen molar-refractivity contribution in [3.63, 3.8) is 0 Å². The average Bonchev–Trinajstić information content (AvgIpc) is 3.01. The Morgan fingerprint density at radius 2 is 2.05 bits per heavy atom. The molecule has 0 aliphatic heterocycles. The highest BCUT2D eigenvalue weighted by Crippen LogP contribution is 2.31. The second-order valence-corrected chi connectivity index (χ2v) is 5.40. The summed E-state index contributed by atoms with van der Waals surface area (Å²) in [5.74, 6) is 3.17. The predicted octanol–water partition coefficient (Wildman–Crippen LogP) is 2.51. The third kappa shape index (κ3) is 3.68. The highest BCUT2D eigenvalue weighted by Gasteiger charge is 2.16. The minimum absolute atomic E-state index is 0.237. The summed E-state index contributed by atoms with van der Waals surface area (Å²) in [7, 11) is 3.18. The van der Waals surface area contributed by atoms with Crippen LogP contribution in [0.1, 0.15) is 18.4 Å². The number of rotatable bonds is 7. The topological polar surface area (TPSA) is 83.4 Å². The molecule has 6 nitrogen and oxygen atoms in total. The van der Waals surface area contributed by atoms with Gasteiger partial charge in [0.15, 0.2) is 11.5 Å².